The fourth-order valence-electron chi connectivity index (χ4n) is 4.16. The molecule has 2 unspecified atom stereocenters. The lowest BCUT2D eigenvalue weighted by atomic mass is 9.90. The minimum absolute atomic E-state index is 0.179. The van der Waals surface area contributed by atoms with E-state index in [1.807, 2.05) is 13.0 Å². The van der Waals surface area contributed by atoms with Crippen molar-refractivity contribution in [3.05, 3.63) is 65.7 Å². The van der Waals surface area contributed by atoms with Crippen molar-refractivity contribution < 1.29 is 28.5 Å². The van der Waals surface area contributed by atoms with E-state index in [0.717, 1.165) is 23.4 Å². The zero-order valence-corrected chi connectivity index (χ0v) is 17.7. The van der Waals surface area contributed by atoms with E-state index >= 15 is 0 Å². The summed E-state index contributed by atoms with van der Waals surface area (Å²) in [4.78, 5) is 11.7. The third-order valence-corrected chi connectivity index (χ3v) is 5.84. The molecule has 1 aromatic carbocycles. The summed E-state index contributed by atoms with van der Waals surface area (Å²) in [5, 5.41) is 32.8. The maximum Gasteiger partial charge on any atom is 0.433 e. The lowest BCUT2D eigenvalue weighted by molar-refractivity contribution is -0.141. The van der Waals surface area contributed by atoms with Crippen molar-refractivity contribution in [2.45, 2.75) is 44.3 Å². The molecule has 2 aromatic heterocycles. The number of aliphatic hydroxyl groups excluding tert-OH is 1. The molecule has 0 bridgehead atoms. The van der Waals surface area contributed by atoms with Gasteiger partial charge in [-0.05, 0) is 61.6 Å². The summed E-state index contributed by atoms with van der Waals surface area (Å²) in [5.74, 6) is -0.594. The van der Waals surface area contributed by atoms with Crippen LogP contribution in [0.4, 0.5) is 24.8 Å². The second-order valence-electron chi connectivity index (χ2n) is 8.39. The van der Waals surface area contributed by atoms with Gasteiger partial charge in [0.15, 0.2) is 6.29 Å². The van der Waals surface area contributed by atoms with Gasteiger partial charge in [0.2, 0.25) is 5.95 Å². The third-order valence-electron chi connectivity index (χ3n) is 5.84. The summed E-state index contributed by atoms with van der Waals surface area (Å²) in [7, 11) is 0. The van der Waals surface area contributed by atoms with E-state index in [1.54, 1.807) is 30.6 Å². The van der Waals surface area contributed by atoms with Crippen LogP contribution in [-0.2, 0) is 11.8 Å². The number of hydrogen-bond acceptors (Lipinski definition) is 7. The van der Waals surface area contributed by atoms with Crippen molar-refractivity contribution in [3.63, 3.8) is 0 Å². The molecule has 3 aromatic rings. The molecular formula is C23H23F3N4O3. The van der Waals surface area contributed by atoms with Crippen molar-refractivity contribution in [2.75, 3.05) is 5.32 Å². The summed E-state index contributed by atoms with van der Waals surface area (Å²) in [6.45, 7) is 1.84. The number of nitrogens with zero attached hydrogens (tertiary/aromatic N) is 3. The molecule has 1 aliphatic carbocycles. The molecule has 0 aliphatic heterocycles. The Morgan fingerprint density at radius 3 is 2.61 bits per heavy atom. The number of aromatic nitrogens is 3. The fourth-order valence-corrected chi connectivity index (χ4v) is 4.16. The Kier molecular flexibility index (Phi) is 6.08. The van der Waals surface area contributed by atoms with Crippen LogP contribution in [0.3, 0.4) is 0 Å². The maximum absolute atomic E-state index is 12.9. The van der Waals surface area contributed by atoms with Gasteiger partial charge in [-0.25, -0.2) is 9.97 Å². The monoisotopic (exact) mass is 460 g/mol. The Balaban J connectivity index is 1.62. The quantitative estimate of drug-likeness (QED) is 0.427. The van der Waals surface area contributed by atoms with Gasteiger partial charge >= 0.3 is 6.18 Å². The first kappa shape index (κ1) is 23.1. The molecule has 2 atom stereocenters. The summed E-state index contributed by atoms with van der Waals surface area (Å²) in [6.07, 6.45) is -0.763. The molecule has 7 nitrogen and oxygen atoms in total. The molecule has 1 fully saturated rings. The van der Waals surface area contributed by atoms with E-state index in [1.165, 1.54) is 0 Å². The van der Waals surface area contributed by atoms with Crippen LogP contribution in [0.5, 0.6) is 0 Å². The molecule has 4 N–H and O–H groups in total. The highest BCUT2D eigenvalue weighted by atomic mass is 19.4. The van der Waals surface area contributed by atoms with Crippen molar-refractivity contribution in [3.8, 4) is 11.1 Å². The molecular weight excluding hydrogens is 437 g/mol. The van der Waals surface area contributed by atoms with Gasteiger partial charge in [0, 0.05) is 41.3 Å². The Labute approximate surface area is 188 Å². The molecule has 0 saturated heterocycles. The van der Waals surface area contributed by atoms with Crippen molar-refractivity contribution in [1.29, 1.82) is 0 Å². The Morgan fingerprint density at radius 2 is 1.91 bits per heavy atom. The average Bonchev–Trinajstić information content (AvgIpc) is 3.17. The number of pyridine rings is 1. The van der Waals surface area contributed by atoms with Crippen LogP contribution in [0.15, 0.2) is 48.9 Å². The summed E-state index contributed by atoms with van der Waals surface area (Å²) in [6, 6.07) is 7.97. The highest BCUT2D eigenvalue weighted by Gasteiger charge is 2.41. The van der Waals surface area contributed by atoms with Gasteiger partial charge < -0.3 is 20.6 Å². The molecule has 2 heterocycles. The smallest absolute Gasteiger partial charge is 0.385 e. The van der Waals surface area contributed by atoms with Crippen molar-refractivity contribution >= 4 is 11.6 Å². The van der Waals surface area contributed by atoms with Crippen LogP contribution in [0.1, 0.15) is 36.1 Å². The fraction of sp³-hybridized carbons (Fsp3) is 0.348. The zero-order chi connectivity index (χ0) is 23.8. The minimum atomic E-state index is -4.57. The molecule has 0 radical (unpaired) electrons. The van der Waals surface area contributed by atoms with Crippen LogP contribution < -0.4 is 5.32 Å². The summed E-state index contributed by atoms with van der Waals surface area (Å²) >= 11 is 0. The lowest BCUT2D eigenvalue weighted by Gasteiger charge is -2.24. The molecule has 0 amide bonds. The molecule has 174 valence electrons. The van der Waals surface area contributed by atoms with Gasteiger partial charge in [-0.1, -0.05) is 6.07 Å². The van der Waals surface area contributed by atoms with E-state index in [4.69, 9.17) is 0 Å². The van der Waals surface area contributed by atoms with E-state index in [0.29, 0.717) is 29.7 Å². The van der Waals surface area contributed by atoms with Crippen LogP contribution in [0, 0.1) is 12.8 Å². The van der Waals surface area contributed by atoms with Gasteiger partial charge in [0.1, 0.15) is 5.69 Å². The largest absolute Gasteiger partial charge is 0.433 e. The van der Waals surface area contributed by atoms with Crippen molar-refractivity contribution in [1.82, 2.24) is 15.0 Å². The van der Waals surface area contributed by atoms with Crippen LogP contribution in [0.2, 0.25) is 0 Å². The maximum atomic E-state index is 12.9. The first-order valence-corrected chi connectivity index (χ1v) is 10.4. The van der Waals surface area contributed by atoms with Gasteiger partial charge in [0.25, 0.3) is 0 Å². The number of aliphatic hydroxyl groups is 3. The topological polar surface area (TPSA) is 111 Å². The van der Waals surface area contributed by atoms with Gasteiger partial charge in [-0.3, -0.25) is 4.98 Å². The molecule has 1 saturated carbocycles. The predicted octanol–water partition coefficient (Wildman–Crippen LogP) is 3.91. The number of nitrogens with one attached hydrogen (secondary N) is 1. The molecule has 10 heteroatoms. The number of rotatable bonds is 5. The van der Waals surface area contributed by atoms with Crippen LogP contribution in [0.25, 0.3) is 11.1 Å². The Hall–Kier alpha value is -3.08. The second-order valence-corrected chi connectivity index (χ2v) is 8.39. The number of benzene rings is 1. The summed E-state index contributed by atoms with van der Waals surface area (Å²) in [5.41, 5.74) is 1.09. The van der Waals surface area contributed by atoms with Gasteiger partial charge in [0.05, 0.1) is 5.60 Å². The number of halogens is 3. The third kappa shape index (κ3) is 5.13. The van der Waals surface area contributed by atoms with Crippen molar-refractivity contribution in [2.24, 2.45) is 5.92 Å². The Bertz CT molecular complexity index is 1160. The van der Waals surface area contributed by atoms with E-state index in [2.05, 4.69) is 20.3 Å². The molecule has 33 heavy (non-hydrogen) atoms. The molecule has 4 rings (SSSR count). The lowest BCUT2D eigenvalue weighted by Crippen LogP contribution is -2.25. The standard InChI is InChI=1S/C23H23F3N4O3/c1-13-6-15(9-18(7-13)29-21-28-5-3-19(30-21)23(24,25)26)16-8-17(12-27-11-16)22(33)4-2-14(10-22)20(31)32/h3,5-9,11-12,14,20,31-33H,2,4,10H2,1H3,(H,28,29,30). The van der Waals surface area contributed by atoms with E-state index in [9.17, 15) is 28.5 Å². The first-order valence-electron chi connectivity index (χ1n) is 10.4. The van der Waals surface area contributed by atoms with Crippen LogP contribution >= 0.6 is 0 Å². The molecule has 1 aliphatic rings. The second kappa shape index (κ2) is 8.69. The van der Waals surface area contributed by atoms with E-state index < -0.39 is 29.7 Å². The van der Waals surface area contributed by atoms with E-state index in [-0.39, 0.29) is 12.4 Å². The van der Waals surface area contributed by atoms with Gasteiger partial charge in [-0.2, -0.15) is 13.2 Å². The van der Waals surface area contributed by atoms with Crippen LogP contribution in [-0.4, -0.2) is 36.6 Å². The number of anilines is 2. The number of hydrogen-bond donors (Lipinski definition) is 4. The average molecular weight is 460 g/mol. The number of aryl methyl sites for hydroxylation is 1. The minimum Gasteiger partial charge on any atom is -0.385 e. The van der Waals surface area contributed by atoms with Gasteiger partial charge in [-0.15, -0.1) is 0 Å². The zero-order valence-electron chi connectivity index (χ0n) is 17.7. The Morgan fingerprint density at radius 1 is 1.12 bits per heavy atom. The summed E-state index contributed by atoms with van der Waals surface area (Å²) < 4.78 is 38.8. The first-order chi connectivity index (χ1) is 15.5. The highest BCUT2D eigenvalue weighted by molar-refractivity contribution is 5.71. The highest BCUT2D eigenvalue weighted by Crippen LogP contribution is 2.43. The normalized spacial score (nSPS) is 20.9. The predicted molar refractivity (Wildman–Crippen MR) is 114 cm³/mol. The molecule has 0 spiro atoms. The SMILES string of the molecule is Cc1cc(Nc2nccc(C(F)(F)F)n2)cc(-c2cncc(C3(O)CCC(C(O)O)C3)c2)c1. The number of alkyl halides is 3.